The van der Waals surface area contributed by atoms with Crippen LogP contribution in [0.2, 0.25) is 0 Å². The third-order valence-corrected chi connectivity index (χ3v) is 2.73. The molecule has 17 heavy (non-hydrogen) atoms. The summed E-state index contributed by atoms with van der Waals surface area (Å²) in [7, 11) is 3.15. The van der Waals surface area contributed by atoms with Gasteiger partial charge in [-0.1, -0.05) is 12.1 Å². The van der Waals surface area contributed by atoms with E-state index in [-0.39, 0.29) is 12.2 Å². The van der Waals surface area contributed by atoms with Crippen molar-refractivity contribution >= 4 is 22.7 Å². The Balaban J connectivity index is 2.44. The first-order chi connectivity index (χ1) is 8.13. The fourth-order valence-electron chi connectivity index (χ4n) is 1.88. The molecule has 0 aliphatic rings. The van der Waals surface area contributed by atoms with Crippen molar-refractivity contribution in [2.75, 3.05) is 7.11 Å². The van der Waals surface area contributed by atoms with Crippen molar-refractivity contribution in [1.82, 2.24) is 4.57 Å². The van der Waals surface area contributed by atoms with Crippen LogP contribution in [0.5, 0.6) is 0 Å². The van der Waals surface area contributed by atoms with Crippen LogP contribution in [0.4, 0.5) is 0 Å². The number of hydrogen-bond donors (Lipinski definition) is 0. The van der Waals surface area contributed by atoms with Gasteiger partial charge in [0.15, 0.2) is 5.78 Å². The Labute approximate surface area is 98.8 Å². The van der Waals surface area contributed by atoms with E-state index in [0.29, 0.717) is 5.56 Å². The first kappa shape index (κ1) is 11.4. The largest absolute Gasteiger partial charge is 0.469 e. The number of Topliss-reactive ketones (excluding diaryl/α,β-unsaturated/α-hetero) is 1. The van der Waals surface area contributed by atoms with Crippen LogP contribution in [0.25, 0.3) is 10.9 Å². The summed E-state index contributed by atoms with van der Waals surface area (Å²) in [5.41, 5.74) is 1.40. The van der Waals surface area contributed by atoms with E-state index in [4.69, 9.17) is 0 Å². The quantitative estimate of drug-likeness (QED) is 0.460. The Bertz CT molecular complexity index is 583. The van der Waals surface area contributed by atoms with Crippen molar-refractivity contribution in [3.05, 3.63) is 36.0 Å². The van der Waals surface area contributed by atoms with Crippen LogP contribution in [0.15, 0.2) is 30.5 Å². The van der Waals surface area contributed by atoms with Crippen molar-refractivity contribution in [2.24, 2.45) is 7.05 Å². The summed E-state index contributed by atoms with van der Waals surface area (Å²) >= 11 is 0. The Morgan fingerprint density at radius 3 is 2.76 bits per heavy atom. The predicted octanol–water partition coefficient (Wildman–Crippen LogP) is 1.92. The van der Waals surface area contributed by atoms with Crippen LogP contribution in [0.1, 0.15) is 16.8 Å². The zero-order valence-electron chi connectivity index (χ0n) is 9.77. The van der Waals surface area contributed by atoms with Crippen molar-refractivity contribution in [1.29, 1.82) is 0 Å². The smallest absolute Gasteiger partial charge is 0.313 e. The molecule has 0 radical (unpaired) electrons. The van der Waals surface area contributed by atoms with Gasteiger partial charge in [-0.3, -0.25) is 9.59 Å². The number of nitrogens with zero attached hydrogens (tertiary/aromatic N) is 1. The zero-order valence-corrected chi connectivity index (χ0v) is 9.77. The van der Waals surface area contributed by atoms with E-state index in [2.05, 4.69) is 4.74 Å². The summed E-state index contributed by atoms with van der Waals surface area (Å²) in [5.74, 6) is -0.731. The number of rotatable bonds is 3. The number of fused-ring (bicyclic) bond motifs is 1. The molecule has 0 aliphatic heterocycles. The van der Waals surface area contributed by atoms with Gasteiger partial charge in [0.1, 0.15) is 6.42 Å². The Morgan fingerprint density at radius 2 is 2.06 bits per heavy atom. The van der Waals surface area contributed by atoms with Gasteiger partial charge in [-0.2, -0.15) is 0 Å². The van der Waals surface area contributed by atoms with Crippen LogP contribution in [-0.4, -0.2) is 23.4 Å². The predicted molar refractivity (Wildman–Crippen MR) is 63.9 cm³/mol. The normalized spacial score (nSPS) is 10.5. The molecular formula is C13H13NO3. The number of methoxy groups -OCH3 is 1. The number of carbonyl (C=O) groups excluding carboxylic acids is 2. The maximum absolute atomic E-state index is 12.0. The molecule has 0 bridgehead atoms. The molecule has 0 atom stereocenters. The standard InChI is InChI=1S/C13H13NO3/c1-14-7-6-9-4-3-5-10(13(9)14)11(15)8-12(16)17-2/h3-7H,8H2,1-2H3. The number of esters is 1. The van der Waals surface area contributed by atoms with Crippen LogP contribution in [-0.2, 0) is 16.6 Å². The van der Waals surface area contributed by atoms with Gasteiger partial charge in [0.25, 0.3) is 0 Å². The summed E-state index contributed by atoms with van der Waals surface area (Å²) < 4.78 is 6.37. The number of benzene rings is 1. The van der Waals surface area contributed by atoms with Gasteiger partial charge >= 0.3 is 5.97 Å². The minimum atomic E-state index is -0.513. The van der Waals surface area contributed by atoms with Crippen LogP contribution >= 0.6 is 0 Å². The molecule has 0 N–H and O–H groups in total. The van der Waals surface area contributed by atoms with Crippen LogP contribution in [0, 0.1) is 0 Å². The lowest BCUT2D eigenvalue weighted by Crippen LogP contribution is -2.10. The van der Waals surface area contributed by atoms with Crippen molar-refractivity contribution in [3.63, 3.8) is 0 Å². The van der Waals surface area contributed by atoms with Crippen molar-refractivity contribution in [3.8, 4) is 0 Å². The van der Waals surface area contributed by atoms with Crippen molar-refractivity contribution in [2.45, 2.75) is 6.42 Å². The van der Waals surface area contributed by atoms with Gasteiger partial charge in [0, 0.05) is 24.2 Å². The maximum Gasteiger partial charge on any atom is 0.313 e. The summed E-state index contributed by atoms with van der Waals surface area (Å²) in [6.07, 6.45) is 1.67. The van der Waals surface area contributed by atoms with E-state index >= 15 is 0 Å². The van der Waals surface area contributed by atoms with Gasteiger partial charge < -0.3 is 9.30 Å². The second-order valence-electron chi connectivity index (χ2n) is 3.85. The topological polar surface area (TPSA) is 48.3 Å². The van der Waals surface area contributed by atoms with E-state index in [0.717, 1.165) is 10.9 Å². The molecule has 0 saturated heterocycles. The van der Waals surface area contributed by atoms with Gasteiger partial charge in [0.05, 0.1) is 12.6 Å². The summed E-state index contributed by atoms with van der Waals surface area (Å²) in [6.45, 7) is 0. The minimum absolute atomic E-state index is 0.218. The molecule has 2 aromatic rings. The lowest BCUT2D eigenvalue weighted by atomic mass is 10.1. The highest BCUT2D eigenvalue weighted by Gasteiger charge is 2.15. The number of carbonyl (C=O) groups is 2. The van der Waals surface area contributed by atoms with E-state index in [1.54, 1.807) is 6.07 Å². The SMILES string of the molecule is COC(=O)CC(=O)c1cccc2ccn(C)c12. The zero-order chi connectivity index (χ0) is 12.4. The lowest BCUT2D eigenvalue weighted by molar-refractivity contribution is -0.139. The summed E-state index contributed by atoms with van der Waals surface area (Å²) in [6, 6.07) is 7.41. The number of para-hydroxylation sites is 1. The monoisotopic (exact) mass is 231 g/mol. The number of ether oxygens (including phenoxy) is 1. The van der Waals surface area contributed by atoms with Gasteiger partial charge in [-0.05, 0) is 12.1 Å². The molecule has 1 aromatic carbocycles. The van der Waals surface area contributed by atoms with Crippen LogP contribution in [0.3, 0.4) is 0 Å². The molecule has 0 amide bonds. The fraction of sp³-hybridized carbons (Fsp3) is 0.231. The summed E-state index contributed by atoms with van der Waals surface area (Å²) in [5, 5.41) is 0.989. The number of aryl methyl sites for hydroxylation is 1. The second kappa shape index (κ2) is 4.41. The number of aromatic nitrogens is 1. The molecule has 0 unspecified atom stereocenters. The lowest BCUT2D eigenvalue weighted by Gasteiger charge is -2.04. The van der Waals surface area contributed by atoms with Gasteiger partial charge in [0.2, 0.25) is 0 Å². The third-order valence-electron chi connectivity index (χ3n) is 2.73. The molecule has 4 heteroatoms. The molecule has 4 nitrogen and oxygen atoms in total. The van der Waals surface area contributed by atoms with Gasteiger partial charge in [-0.15, -0.1) is 0 Å². The Kier molecular flexibility index (Phi) is 2.95. The maximum atomic E-state index is 12.0. The van der Waals surface area contributed by atoms with E-state index in [9.17, 15) is 9.59 Å². The van der Waals surface area contributed by atoms with Gasteiger partial charge in [-0.25, -0.2) is 0 Å². The van der Waals surface area contributed by atoms with Crippen LogP contribution < -0.4 is 0 Å². The molecule has 0 saturated carbocycles. The molecule has 1 aromatic heterocycles. The molecule has 88 valence electrons. The molecule has 0 fully saturated rings. The average molecular weight is 231 g/mol. The average Bonchev–Trinajstić information content (AvgIpc) is 2.71. The number of hydrogen-bond acceptors (Lipinski definition) is 3. The highest BCUT2D eigenvalue weighted by atomic mass is 16.5. The van der Waals surface area contributed by atoms with Crippen molar-refractivity contribution < 1.29 is 14.3 Å². The molecular weight excluding hydrogens is 218 g/mol. The molecule has 2 rings (SSSR count). The fourth-order valence-corrected chi connectivity index (χ4v) is 1.88. The Morgan fingerprint density at radius 1 is 1.29 bits per heavy atom. The molecule has 0 spiro atoms. The first-order valence-electron chi connectivity index (χ1n) is 5.27. The minimum Gasteiger partial charge on any atom is -0.469 e. The van der Waals surface area contributed by atoms with E-state index < -0.39 is 5.97 Å². The highest BCUT2D eigenvalue weighted by Crippen LogP contribution is 2.20. The highest BCUT2D eigenvalue weighted by molar-refractivity contribution is 6.12. The third kappa shape index (κ3) is 2.06. The second-order valence-corrected chi connectivity index (χ2v) is 3.85. The molecule has 1 heterocycles. The molecule has 0 aliphatic carbocycles. The number of ketones is 1. The summed E-state index contributed by atoms with van der Waals surface area (Å²) in [4.78, 5) is 23.1. The van der Waals surface area contributed by atoms with E-state index in [1.807, 2.05) is 36.0 Å². The van der Waals surface area contributed by atoms with E-state index in [1.165, 1.54) is 7.11 Å². The first-order valence-corrected chi connectivity index (χ1v) is 5.27. The Hall–Kier alpha value is -2.10.